The summed E-state index contributed by atoms with van der Waals surface area (Å²) in [5.41, 5.74) is 0.819. The minimum atomic E-state index is -0.585. The molecule has 3 rings (SSSR count). The minimum absolute atomic E-state index is 0.182. The molecule has 1 aromatic carbocycles. The van der Waals surface area contributed by atoms with E-state index in [9.17, 15) is 14.4 Å². The maximum Gasteiger partial charge on any atom is 0.338 e. The number of carbonyl (C=O) groups is 3. The van der Waals surface area contributed by atoms with Crippen molar-refractivity contribution in [1.82, 2.24) is 5.32 Å². The number of esters is 1. The van der Waals surface area contributed by atoms with Crippen LogP contribution in [0.3, 0.4) is 0 Å². The fourth-order valence-electron chi connectivity index (χ4n) is 3.02. The lowest BCUT2D eigenvalue weighted by Crippen LogP contribution is -2.38. The third-order valence-electron chi connectivity index (χ3n) is 4.43. The molecule has 0 radical (unpaired) electrons. The van der Waals surface area contributed by atoms with Crippen LogP contribution in [0.15, 0.2) is 47.1 Å². The van der Waals surface area contributed by atoms with Crippen LogP contribution in [0.4, 0.5) is 5.69 Å². The lowest BCUT2D eigenvalue weighted by atomic mass is 9.95. The molecule has 2 N–H and O–H groups in total. The number of anilines is 1. The highest BCUT2D eigenvalue weighted by Crippen LogP contribution is 2.17. The minimum Gasteiger partial charge on any atom is -0.459 e. The first kappa shape index (κ1) is 18.7. The van der Waals surface area contributed by atoms with E-state index < -0.39 is 5.97 Å². The Hall–Kier alpha value is -3.09. The number of hydrogen-bond acceptors (Lipinski definition) is 5. The Morgan fingerprint density at radius 1 is 1.04 bits per heavy atom. The van der Waals surface area contributed by atoms with Crippen molar-refractivity contribution in [1.29, 1.82) is 0 Å². The van der Waals surface area contributed by atoms with Gasteiger partial charge < -0.3 is 19.8 Å². The molecule has 1 aliphatic rings. The van der Waals surface area contributed by atoms with Crippen LogP contribution in [0.1, 0.15) is 53.0 Å². The van der Waals surface area contributed by atoms with E-state index in [1.807, 2.05) is 0 Å². The lowest BCUT2D eigenvalue weighted by Gasteiger charge is -2.22. The van der Waals surface area contributed by atoms with Crippen LogP contribution in [0, 0.1) is 0 Å². The van der Waals surface area contributed by atoms with Gasteiger partial charge in [-0.3, -0.25) is 9.59 Å². The molecule has 1 fully saturated rings. The van der Waals surface area contributed by atoms with E-state index in [1.54, 1.807) is 24.3 Å². The van der Waals surface area contributed by atoms with Crippen molar-refractivity contribution >= 4 is 23.5 Å². The number of hydrogen-bond donors (Lipinski definition) is 2. The fourth-order valence-corrected chi connectivity index (χ4v) is 3.02. The zero-order chi connectivity index (χ0) is 19.1. The molecule has 0 spiro atoms. The largest absolute Gasteiger partial charge is 0.459 e. The average Bonchev–Trinajstić information content (AvgIpc) is 3.22. The molecule has 2 amide bonds. The van der Waals surface area contributed by atoms with Crippen molar-refractivity contribution in [3.8, 4) is 0 Å². The molecule has 1 saturated carbocycles. The van der Waals surface area contributed by atoms with E-state index in [4.69, 9.17) is 9.15 Å². The van der Waals surface area contributed by atoms with Crippen molar-refractivity contribution in [2.75, 3.05) is 11.9 Å². The van der Waals surface area contributed by atoms with Gasteiger partial charge in [-0.05, 0) is 49.2 Å². The first-order chi connectivity index (χ1) is 13.1. The normalized spacial score (nSPS) is 14.4. The predicted octanol–water partition coefficient (Wildman–Crippen LogP) is 3.14. The number of furan rings is 1. The standard InChI is InChI=1S/C20H22N2O5/c23-18(21-15-5-2-1-3-6-15)13-27-20(25)14-8-10-16(11-9-14)22-19(24)17-7-4-12-26-17/h4,7-12,15H,1-3,5-6,13H2,(H,21,23)(H,22,24). The number of benzene rings is 1. The summed E-state index contributed by atoms with van der Waals surface area (Å²) in [6.45, 7) is -0.299. The van der Waals surface area contributed by atoms with Gasteiger partial charge in [-0.15, -0.1) is 0 Å². The van der Waals surface area contributed by atoms with Crippen molar-refractivity contribution in [3.05, 3.63) is 54.0 Å². The SMILES string of the molecule is O=C(COC(=O)c1ccc(NC(=O)c2ccco2)cc1)NC1CCCCC1. The molecule has 7 heteroatoms. The van der Waals surface area contributed by atoms with Gasteiger partial charge in [-0.25, -0.2) is 4.79 Å². The number of nitrogens with one attached hydrogen (secondary N) is 2. The maximum absolute atomic E-state index is 12.1. The summed E-state index contributed by atoms with van der Waals surface area (Å²) in [5, 5.41) is 5.55. The monoisotopic (exact) mass is 370 g/mol. The van der Waals surface area contributed by atoms with E-state index in [1.165, 1.54) is 24.8 Å². The van der Waals surface area contributed by atoms with Gasteiger partial charge in [0.1, 0.15) is 0 Å². The smallest absolute Gasteiger partial charge is 0.338 e. The maximum atomic E-state index is 12.1. The molecule has 0 unspecified atom stereocenters. The molecule has 1 aromatic heterocycles. The van der Waals surface area contributed by atoms with Gasteiger partial charge in [0.25, 0.3) is 11.8 Å². The van der Waals surface area contributed by atoms with E-state index in [2.05, 4.69) is 10.6 Å². The Kier molecular flexibility index (Phi) is 6.25. The molecule has 1 heterocycles. The van der Waals surface area contributed by atoms with Crippen molar-refractivity contribution < 1.29 is 23.5 Å². The summed E-state index contributed by atoms with van der Waals surface area (Å²) < 4.78 is 10.1. The number of rotatable bonds is 6. The van der Waals surface area contributed by atoms with Crippen LogP contribution in [-0.4, -0.2) is 30.4 Å². The van der Waals surface area contributed by atoms with Gasteiger partial charge in [0.2, 0.25) is 0 Å². The summed E-state index contributed by atoms with van der Waals surface area (Å²) in [4.78, 5) is 35.8. The molecule has 0 atom stereocenters. The van der Waals surface area contributed by atoms with Crippen molar-refractivity contribution in [3.63, 3.8) is 0 Å². The molecule has 2 aromatic rings. The summed E-state index contributed by atoms with van der Waals surface area (Å²) in [6, 6.07) is 9.58. The average molecular weight is 370 g/mol. The van der Waals surface area contributed by atoms with Gasteiger partial charge in [0, 0.05) is 11.7 Å². The third kappa shape index (κ3) is 5.44. The van der Waals surface area contributed by atoms with Crippen LogP contribution in [-0.2, 0) is 9.53 Å². The highest BCUT2D eigenvalue weighted by atomic mass is 16.5. The summed E-state index contributed by atoms with van der Waals surface area (Å²) in [7, 11) is 0. The molecule has 1 aliphatic carbocycles. The zero-order valence-electron chi connectivity index (χ0n) is 14.9. The van der Waals surface area contributed by atoms with E-state index in [-0.39, 0.29) is 30.2 Å². The van der Waals surface area contributed by atoms with E-state index in [0.29, 0.717) is 11.3 Å². The second-order valence-corrected chi connectivity index (χ2v) is 6.49. The molecular formula is C20H22N2O5. The van der Waals surface area contributed by atoms with Crippen LogP contribution in [0.5, 0.6) is 0 Å². The van der Waals surface area contributed by atoms with Gasteiger partial charge in [0.15, 0.2) is 12.4 Å². The van der Waals surface area contributed by atoms with Crippen LogP contribution < -0.4 is 10.6 Å². The second kappa shape index (κ2) is 9.02. The van der Waals surface area contributed by atoms with E-state index >= 15 is 0 Å². The van der Waals surface area contributed by atoms with Gasteiger partial charge >= 0.3 is 5.97 Å². The first-order valence-corrected chi connectivity index (χ1v) is 9.03. The van der Waals surface area contributed by atoms with Gasteiger partial charge in [-0.2, -0.15) is 0 Å². The number of carbonyl (C=O) groups excluding carboxylic acids is 3. The van der Waals surface area contributed by atoms with Crippen LogP contribution >= 0.6 is 0 Å². The highest BCUT2D eigenvalue weighted by Gasteiger charge is 2.17. The van der Waals surface area contributed by atoms with E-state index in [0.717, 1.165) is 25.7 Å². The number of amides is 2. The Balaban J connectivity index is 1.45. The Morgan fingerprint density at radius 3 is 2.44 bits per heavy atom. The molecule has 7 nitrogen and oxygen atoms in total. The fraction of sp³-hybridized carbons (Fsp3) is 0.350. The van der Waals surface area contributed by atoms with Crippen molar-refractivity contribution in [2.24, 2.45) is 0 Å². The lowest BCUT2D eigenvalue weighted by molar-refractivity contribution is -0.125. The summed E-state index contributed by atoms with van der Waals surface area (Å²) in [5.74, 6) is -1.05. The topological polar surface area (TPSA) is 97.6 Å². The highest BCUT2D eigenvalue weighted by molar-refractivity contribution is 6.02. The van der Waals surface area contributed by atoms with Crippen LogP contribution in [0.25, 0.3) is 0 Å². The molecule has 0 bridgehead atoms. The molecule has 27 heavy (non-hydrogen) atoms. The van der Waals surface area contributed by atoms with Crippen molar-refractivity contribution in [2.45, 2.75) is 38.1 Å². The third-order valence-corrected chi connectivity index (χ3v) is 4.43. The van der Waals surface area contributed by atoms with Gasteiger partial charge in [-0.1, -0.05) is 19.3 Å². The molecular weight excluding hydrogens is 348 g/mol. The predicted molar refractivity (Wildman–Crippen MR) is 98.4 cm³/mol. The Labute approximate surface area is 157 Å². The quantitative estimate of drug-likeness (QED) is 0.762. The van der Waals surface area contributed by atoms with Crippen LogP contribution in [0.2, 0.25) is 0 Å². The molecule has 0 saturated heterocycles. The van der Waals surface area contributed by atoms with Gasteiger partial charge in [0.05, 0.1) is 11.8 Å². The number of ether oxygens (including phenoxy) is 1. The Morgan fingerprint density at radius 2 is 1.78 bits per heavy atom. The summed E-state index contributed by atoms with van der Waals surface area (Å²) in [6.07, 6.45) is 6.81. The summed E-state index contributed by atoms with van der Waals surface area (Å²) >= 11 is 0. The first-order valence-electron chi connectivity index (χ1n) is 9.03. The zero-order valence-corrected chi connectivity index (χ0v) is 14.9. The Bertz CT molecular complexity index is 777. The second-order valence-electron chi connectivity index (χ2n) is 6.49. The molecule has 0 aliphatic heterocycles. The molecule has 142 valence electrons.